The van der Waals surface area contributed by atoms with Crippen molar-refractivity contribution in [2.75, 3.05) is 0 Å². The molecule has 0 aromatic rings. The van der Waals surface area contributed by atoms with E-state index < -0.39 is 0 Å². The first-order chi connectivity index (χ1) is 4.51. The van der Waals surface area contributed by atoms with Gasteiger partial charge >= 0.3 is 0 Å². The van der Waals surface area contributed by atoms with Gasteiger partial charge in [0.15, 0.2) is 0 Å². The topological polar surface area (TPSA) is 26.0 Å². The number of allylic oxidation sites excluding steroid dienone is 2. The third kappa shape index (κ3) is 1.70. The molecule has 10 heavy (non-hydrogen) atoms. The molecule has 0 aromatic heterocycles. The van der Waals surface area contributed by atoms with E-state index >= 15 is 0 Å². The van der Waals surface area contributed by atoms with Gasteiger partial charge in [-0.2, -0.15) is 0 Å². The Kier molecular flexibility index (Phi) is 2.02. The molecule has 1 unspecified atom stereocenters. The zero-order valence-corrected chi connectivity index (χ0v) is 7.90. The van der Waals surface area contributed by atoms with Crippen LogP contribution < -0.4 is 5.73 Å². The van der Waals surface area contributed by atoms with Gasteiger partial charge < -0.3 is 5.73 Å². The minimum Gasteiger partial charge on any atom is -0.322 e. The molecule has 0 aromatic carbocycles. The van der Waals surface area contributed by atoms with Gasteiger partial charge in [-0.1, -0.05) is 33.7 Å². The monoisotopic (exact) mass is 201 g/mol. The van der Waals surface area contributed by atoms with Crippen LogP contribution in [0, 0.1) is 0 Å². The van der Waals surface area contributed by atoms with Crippen molar-refractivity contribution in [2.45, 2.75) is 25.8 Å². The molecule has 1 rings (SSSR count). The second kappa shape index (κ2) is 2.51. The molecule has 0 spiro atoms. The number of nitrogens with two attached hydrogens (primary N) is 1. The van der Waals surface area contributed by atoms with Gasteiger partial charge in [0.25, 0.3) is 0 Å². The summed E-state index contributed by atoms with van der Waals surface area (Å²) < 4.78 is 1.18. The van der Waals surface area contributed by atoms with Crippen LogP contribution in [-0.2, 0) is 0 Å². The first kappa shape index (κ1) is 8.02. The molecule has 1 atom stereocenters. The summed E-state index contributed by atoms with van der Waals surface area (Å²) in [5.74, 6) is 0. The van der Waals surface area contributed by atoms with E-state index in [1.165, 1.54) is 10.1 Å². The maximum absolute atomic E-state index is 5.89. The summed E-state index contributed by atoms with van der Waals surface area (Å²) in [5.41, 5.74) is 7.08. The summed E-state index contributed by atoms with van der Waals surface area (Å²) in [6.45, 7) is 4.13. The van der Waals surface area contributed by atoms with Crippen molar-refractivity contribution in [3.8, 4) is 0 Å². The quantitative estimate of drug-likeness (QED) is 0.640. The second-order valence-electron chi connectivity index (χ2n) is 3.14. The highest BCUT2D eigenvalue weighted by Crippen LogP contribution is 2.27. The molecule has 0 aliphatic heterocycles. The number of hydrogen-bond acceptors (Lipinski definition) is 1. The molecule has 0 heterocycles. The standard InChI is InChI=1S/C8H12BrN/c1-6-5-8(2,10)4-3-7(6)9/h3-4H,5,10H2,1-2H3. The Morgan fingerprint density at radius 2 is 2.30 bits per heavy atom. The third-order valence-electron chi connectivity index (χ3n) is 1.66. The van der Waals surface area contributed by atoms with E-state index in [0.29, 0.717) is 0 Å². The van der Waals surface area contributed by atoms with Gasteiger partial charge in [0.05, 0.1) is 0 Å². The zero-order chi connectivity index (χ0) is 7.78. The fourth-order valence-electron chi connectivity index (χ4n) is 1.12. The van der Waals surface area contributed by atoms with Crippen LogP contribution in [-0.4, -0.2) is 5.54 Å². The van der Waals surface area contributed by atoms with Crippen molar-refractivity contribution in [3.63, 3.8) is 0 Å². The van der Waals surface area contributed by atoms with E-state index in [1.807, 2.05) is 19.1 Å². The fraction of sp³-hybridized carbons (Fsp3) is 0.500. The Bertz CT molecular complexity index is 201. The molecular formula is C8H12BrN. The molecule has 0 amide bonds. The van der Waals surface area contributed by atoms with Crippen molar-refractivity contribution >= 4 is 15.9 Å². The van der Waals surface area contributed by atoms with Gasteiger partial charge in [-0.25, -0.2) is 0 Å². The molecule has 0 radical (unpaired) electrons. The van der Waals surface area contributed by atoms with Crippen LogP contribution in [0.1, 0.15) is 20.3 Å². The maximum Gasteiger partial charge on any atom is 0.0351 e. The predicted octanol–water partition coefficient (Wildman–Crippen LogP) is 2.33. The predicted molar refractivity (Wildman–Crippen MR) is 48.0 cm³/mol. The van der Waals surface area contributed by atoms with Gasteiger partial charge in [-0.05, 0) is 20.3 Å². The average molecular weight is 202 g/mol. The van der Waals surface area contributed by atoms with Crippen LogP contribution in [0.4, 0.5) is 0 Å². The Morgan fingerprint density at radius 1 is 1.70 bits per heavy atom. The molecule has 1 aliphatic rings. The smallest absolute Gasteiger partial charge is 0.0351 e. The van der Waals surface area contributed by atoms with Crippen molar-refractivity contribution in [1.29, 1.82) is 0 Å². The number of hydrogen-bond donors (Lipinski definition) is 1. The van der Waals surface area contributed by atoms with Gasteiger partial charge in [0, 0.05) is 10.0 Å². The van der Waals surface area contributed by atoms with E-state index in [9.17, 15) is 0 Å². The average Bonchev–Trinajstić information content (AvgIpc) is 1.79. The highest BCUT2D eigenvalue weighted by molar-refractivity contribution is 9.11. The van der Waals surface area contributed by atoms with Gasteiger partial charge in [-0.3, -0.25) is 0 Å². The van der Waals surface area contributed by atoms with Crippen LogP contribution in [0.15, 0.2) is 22.2 Å². The van der Waals surface area contributed by atoms with Gasteiger partial charge in [-0.15, -0.1) is 0 Å². The van der Waals surface area contributed by atoms with E-state index in [1.54, 1.807) is 0 Å². The van der Waals surface area contributed by atoms with Crippen LogP contribution >= 0.6 is 15.9 Å². The van der Waals surface area contributed by atoms with Gasteiger partial charge in [0.2, 0.25) is 0 Å². The summed E-state index contributed by atoms with van der Waals surface area (Å²) in [5, 5.41) is 0. The van der Waals surface area contributed by atoms with E-state index in [2.05, 4.69) is 22.9 Å². The zero-order valence-electron chi connectivity index (χ0n) is 6.32. The fourth-order valence-corrected chi connectivity index (χ4v) is 1.39. The van der Waals surface area contributed by atoms with E-state index in [4.69, 9.17) is 5.73 Å². The normalized spacial score (nSPS) is 33.2. The largest absolute Gasteiger partial charge is 0.322 e. The number of rotatable bonds is 0. The molecule has 56 valence electrons. The maximum atomic E-state index is 5.89. The van der Waals surface area contributed by atoms with Crippen molar-refractivity contribution in [3.05, 3.63) is 22.2 Å². The lowest BCUT2D eigenvalue weighted by molar-refractivity contribution is 0.571. The Morgan fingerprint density at radius 3 is 2.70 bits per heavy atom. The lowest BCUT2D eigenvalue weighted by Gasteiger charge is -2.24. The summed E-state index contributed by atoms with van der Waals surface area (Å²) in [6.07, 6.45) is 5.01. The van der Waals surface area contributed by atoms with Crippen LogP contribution in [0.25, 0.3) is 0 Å². The third-order valence-corrected chi connectivity index (χ3v) is 2.61. The molecule has 0 saturated heterocycles. The van der Waals surface area contributed by atoms with E-state index in [-0.39, 0.29) is 5.54 Å². The van der Waals surface area contributed by atoms with Crippen molar-refractivity contribution < 1.29 is 0 Å². The summed E-state index contributed by atoms with van der Waals surface area (Å²) in [6, 6.07) is 0. The lowest BCUT2D eigenvalue weighted by Crippen LogP contribution is -2.35. The van der Waals surface area contributed by atoms with Crippen LogP contribution in [0.2, 0.25) is 0 Å². The molecule has 2 heteroatoms. The molecule has 0 fully saturated rings. The summed E-state index contributed by atoms with van der Waals surface area (Å²) in [7, 11) is 0. The van der Waals surface area contributed by atoms with Crippen LogP contribution in [0.3, 0.4) is 0 Å². The van der Waals surface area contributed by atoms with Crippen LogP contribution in [0.5, 0.6) is 0 Å². The Labute approximate surface area is 70.1 Å². The van der Waals surface area contributed by atoms with Crippen molar-refractivity contribution in [2.24, 2.45) is 5.73 Å². The molecule has 0 saturated carbocycles. The first-order valence-corrected chi connectivity index (χ1v) is 4.14. The molecule has 2 N–H and O–H groups in total. The first-order valence-electron chi connectivity index (χ1n) is 3.35. The molecule has 1 nitrogen and oxygen atoms in total. The SMILES string of the molecule is CC1=C(Br)C=CC(C)(N)C1. The molecule has 0 bridgehead atoms. The second-order valence-corrected chi connectivity index (χ2v) is 4.00. The number of halogens is 1. The Hall–Kier alpha value is -0.0800. The van der Waals surface area contributed by atoms with Crippen molar-refractivity contribution in [1.82, 2.24) is 0 Å². The highest BCUT2D eigenvalue weighted by atomic mass is 79.9. The lowest BCUT2D eigenvalue weighted by atomic mass is 9.90. The van der Waals surface area contributed by atoms with E-state index in [0.717, 1.165) is 6.42 Å². The van der Waals surface area contributed by atoms with Gasteiger partial charge in [0.1, 0.15) is 0 Å². The summed E-state index contributed by atoms with van der Waals surface area (Å²) >= 11 is 3.44. The summed E-state index contributed by atoms with van der Waals surface area (Å²) in [4.78, 5) is 0. The molecular weight excluding hydrogens is 190 g/mol. The Balaban J connectivity index is 2.85. The molecule has 1 aliphatic carbocycles. The minimum atomic E-state index is -0.138. The highest BCUT2D eigenvalue weighted by Gasteiger charge is 2.19. The minimum absolute atomic E-state index is 0.138.